The summed E-state index contributed by atoms with van der Waals surface area (Å²) in [4.78, 5) is 27.0. The van der Waals surface area contributed by atoms with Crippen molar-refractivity contribution < 1.29 is 28.0 Å². The predicted molar refractivity (Wildman–Crippen MR) is 124 cm³/mol. The van der Waals surface area contributed by atoms with Crippen molar-refractivity contribution in [1.29, 1.82) is 5.41 Å². The van der Waals surface area contributed by atoms with Crippen LogP contribution >= 0.6 is 0 Å². The molecule has 0 saturated carbocycles. The average molecular weight is 490 g/mol. The Labute approximate surface area is 196 Å². The molecule has 1 saturated heterocycles. The van der Waals surface area contributed by atoms with E-state index in [1.807, 2.05) is 0 Å². The minimum atomic E-state index is -4.36. The smallest absolute Gasteiger partial charge is 0.341 e. The van der Waals surface area contributed by atoms with Crippen LogP contribution in [0.3, 0.4) is 0 Å². The van der Waals surface area contributed by atoms with Gasteiger partial charge in [0.15, 0.2) is 9.84 Å². The molecule has 1 heterocycles. The number of nitrogen functional groups attached to an aromatic ring is 1. The van der Waals surface area contributed by atoms with Crippen LogP contribution in [-0.2, 0) is 30.0 Å². The fourth-order valence-electron chi connectivity index (χ4n) is 3.51. The summed E-state index contributed by atoms with van der Waals surface area (Å²) in [6.45, 7) is -0.785. The third-order valence-electron chi connectivity index (χ3n) is 5.58. The average Bonchev–Trinajstić information content (AvgIpc) is 3.26. The van der Waals surface area contributed by atoms with Crippen molar-refractivity contribution in [2.75, 3.05) is 6.54 Å². The van der Waals surface area contributed by atoms with Crippen molar-refractivity contribution in [2.24, 2.45) is 11.5 Å². The molecule has 34 heavy (non-hydrogen) atoms. The highest BCUT2D eigenvalue weighted by Gasteiger charge is 2.47. The highest BCUT2D eigenvalue weighted by Crippen LogP contribution is 2.27. The van der Waals surface area contributed by atoms with Crippen molar-refractivity contribution in [3.63, 3.8) is 0 Å². The topological polar surface area (TPSA) is 198 Å². The first-order chi connectivity index (χ1) is 16.0. The first kappa shape index (κ1) is 25.3. The molecule has 0 radical (unpaired) electrons. The van der Waals surface area contributed by atoms with Gasteiger partial charge >= 0.3 is 5.97 Å². The number of nitrogens with two attached hydrogens (primary N) is 2. The van der Waals surface area contributed by atoms with Gasteiger partial charge in [-0.1, -0.05) is 54.6 Å². The van der Waals surface area contributed by atoms with Crippen molar-refractivity contribution in [2.45, 2.75) is 35.6 Å². The molecule has 0 unspecified atom stereocenters. The number of hydroxylamine groups is 1. The Hall–Kier alpha value is -3.32. The van der Waals surface area contributed by atoms with E-state index in [1.54, 1.807) is 54.6 Å². The second-order valence-corrected chi connectivity index (χ2v) is 10.3. The number of rotatable bonds is 10. The summed E-state index contributed by atoms with van der Waals surface area (Å²) in [5.74, 6) is -2.96. The molecule has 182 valence electrons. The number of carboxylic acids is 1. The highest BCUT2D eigenvalue weighted by molar-refractivity contribution is 7.92. The van der Waals surface area contributed by atoms with E-state index in [2.05, 4.69) is 10.8 Å². The number of aliphatic carboxylic acids is 1. The maximum Gasteiger partial charge on any atom is 0.341 e. The van der Waals surface area contributed by atoms with E-state index in [4.69, 9.17) is 21.7 Å². The van der Waals surface area contributed by atoms with Crippen molar-refractivity contribution in [3.8, 4) is 0 Å². The lowest BCUT2D eigenvalue weighted by Gasteiger charge is -2.25. The molecule has 8 N–H and O–H groups in total. The quantitative estimate of drug-likeness (QED) is 0.199. The molecule has 3 atom stereocenters. The van der Waals surface area contributed by atoms with Crippen molar-refractivity contribution in [1.82, 2.24) is 10.8 Å². The summed E-state index contributed by atoms with van der Waals surface area (Å²) in [6.07, 6.45) is -0.189. The van der Waals surface area contributed by atoms with E-state index in [0.29, 0.717) is 17.5 Å². The number of carboxylic acid groups (broad SMARTS) is 1. The molecule has 3 rings (SSSR count). The molecule has 2 aromatic rings. The van der Waals surface area contributed by atoms with Gasteiger partial charge in [-0.2, -0.15) is 5.48 Å². The lowest BCUT2D eigenvalue weighted by atomic mass is 9.99. The van der Waals surface area contributed by atoms with Gasteiger partial charge in [-0.05, 0) is 17.5 Å². The van der Waals surface area contributed by atoms with Crippen LogP contribution in [0.1, 0.15) is 35.6 Å². The highest BCUT2D eigenvalue weighted by atomic mass is 32.2. The Morgan fingerprint density at radius 1 is 1.18 bits per heavy atom. The number of carbonyl (C=O) groups is 2. The zero-order valence-corrected chi connectivity index (χ0v) is 19.0. The molecule has 12 heteroatoms. The summed E-state index contributed by atoms with van der Waals surface area (Å²) < 4.78 is 25.5. The van der Waals surface area contributed by atoms with E-state index in [-0.39, 0.29) is 18.3 Å². The molecule has 0 spiro atoms. The van der Waals surface area contributed by atoms with E-state index in [1.165, 1.54) is 0 Å². The van der Waals surface area contributed by atoms with Crippen LogP contribution in [0.25, 0.3) is 0 Å². The maximum absolute atomic E-state index is 12.8. The molecule has 1 aliphatic rings. The van der Waals surface area contributed by atoms with Crippen LogP contribution in [0.2, 0.25) is 0 Å². The third-order valence-corrected chi connectivity index (χ3v) is 7.72. The number of hydrogen-bond donors (Lipinski definition) is 6. The zero-order valence-electron chi connectivity index (χ0n) is 18.2. The van der Waals surface area contributed by atoms with Gasteiger partial charge in [0.05, 0.1) is 30.9 Å². The van der Waals surface area contributed by atoms with Crippen LogP contribution in [-0.4, -0.2) is 48.8 Å². The molecule has 1 amide bonds. The Morgan fingerprint density at radius 3 is 2.41 bits per heavy atom. The first-order valence-corrected chi connectivity index (χ1v) is 12.1. The van der Waals surface area contributed by atoms with Gasteiger partial charge in [-0.25, -0.2) is 13.2 Å². The van der Waals surface area contributed by atoms with Crippen LogP contribution in [0, 0.1) is 5.41 Å². The van der Waals surface area contributed by atoms with E-state index in [9.17, 15) is 23.1 Å². The minimum absolute atomic E-state index is 0.0418. The molecular weight excluding hydrogens is 462 g/mol. The molecule has 1 aliphatic heterocycles. The van der Waals surface area contributed by atoms with Crippen molar-refractivity contribution in [3.05, 3.63) is 71.3 Å². The SMILES string of the molecule is N=C(N)c1ccc([C@@H]2C[C@H](CC(=O)NC[C@@](N)(C(=O)O)S(=O)(=O)Cc3ccccc3)ON2)cc1. The molecule has 0 bridgehead atoms. The number of nitrogens with one attached hydrogen (secondary N) is 3. The van der Waals surface area contributed by atoms with E-state index in [0.717, 1.165) is 5.56 Å². The number of carbonyl (C=O) groups excluding carboxylic acids is 1. The largest absolute Gasteiger partial charge is 0.479 e. The summed E-state index contributed by atoms with van der Waals surface area (Å²) in [5.41, 5.74) is 15.9. The minimum Gasteiger partial charge on any atom is -0.479 e. The number of amidine groups is 1. The van der Waals surface area contributed by atoms with Crippen molar-refractivity contribution >= 4 is 27.5 Å². The lowest BCUT2D eigenvalue weighted by molar-refractivity contribution is -0.140. The monoisotopic (exact) mass is 489 g/mol. The summed E-state index contributed by atoms with van der Waals surface area (Å²) in [5, 5.41) is 19.3. The third kappa shape index (κ3) is 5.78. The Bertz CT molecular complexity index is 1160. The van der Waals surface area contributed by atoms with Crippen LogP contribution in [0.4, 0.5) is 0 Å². The van der Waals surface area contributed by atoms with Crippen LogP contribution < -0.4 is 22.3 Å². The van der Waals surface area contributed by atoms with Gasteiger partial charge in [0.1, 0.15) is 5.84 Å². The second kappa shape index (κ2) is 10.3. The summed E-state index contributed by atoms with van der Waals surface area (Å²) in [7, 11) is -4.36. The number of hydrogen-bond acceptors (Lipinski definition) is 8. The molecule has 11 nitrogen and oxygen atoms in total. The fraction of sp³-hybridized carbons (Fsp3) is 0.318. The Kier molecular flexibility index (Phi) is 7.67. The number of benzene rings is 2. The second-order valence-electron chi connectivity index (χ2n) is 8.10. The van der Waals surface area contributed by atoms with Gasteiger partial charge in [0, 0.05) is 5.56 Å². The van der Waals surface area contributed by atoms with Gasteiger partial charge in [0.2, 0.25) is 10.8 Å². The maximum atomic E-state index is 12.8. The summed E-state index contributed by atoms with van der Waals surface area (Å²) >= 11 is 0. The first-order valence-electron chi connectivity index (χ1n) is 10.4. The van der Waals surface area contributed by atoms with Crippen LogP contribution in [0.5, 0.6) is 0 Å². The van der Waals surface area contributed by atoms with Gasteiger partial charge < -0.3 is 21.9 Å². The number of sulfone groups is 1. The van der Waals surface area contributed by atoms with E-state index >= 15 is 0 Å². The molecule has 0 aliphatic carbocycles. The predicted octanol–water partition coefficient (Wildman–Crippen LogP) is 0.166. The number of amides is 1. The Balaban J connectivity index is 1.57. The van der Waals surface area contributed by atoms with Crippen LogP contribution in [0.15, 0.2) is 54.6 Å². The standard InChI is InChI=1S/C22H27N5O6S/c23-20(24)16-8-6-15(7-9-16)18-10-17(33-27-18)11-19(28)26-13-22(25,21(29)30)34(31,32)12-14-4-2-1-3-5-14/h1-9,17-18,27H,10-13,25H2,(H3,23,24)(H,26,28)(H,29,30)/t17-,18+,22+/m1/s1. The normalized spacial score (nSPS) is 19.8. The van der Waals surface area contributed by atoms with Gasteiger partial charge in [-0.15, -0.1) is 0 Å². The molecule has 0 aromatic heterocycles. The molecule has 2 aromatic carbocycles. The Morgan fingerprint density at radius 2 is 1.82 bits per heavy atom. The lowest BCUT2D eigenvalue weighted by Crippen LogP contribution is -2.61. The van der Waals surface area contributed by atoms with Gasteiger partial charge in [0.25, 0.3) is 0 Å². The van der Waals surface area contributed by atoms with E-state index < -0.39 is 45.0 Å². The molecule has 1 fully saturated rings. The van der Waals surface area contributed by atoms with Gasteiger partial charge in [-0.3, -0.25) is 15.0 Å². The molecular formula is C22H27N5O6S. The summed E-state index contributed by atoms with van der Waals surface area (Å²) in [6, 6.07) is 14.9. The zero-order chi connectivity index (χ0) is 24.9. The fourth-order valence-corrected chi connectivity index (χ4v) is 4.96.